The molecule has 0 saturated heterocycles. The highest BCUT2D eigenvalue weighted by Crippen LogP contribution is 1.99. The van der Waals surface area contributed by atoms with E-state index >= 15 is 0 Å². The van der Waals surface area contributed by atoms with Crippen LogP contribution in [0.2, 0.25) is 0 Å². The van der Waals surface area contributed by atoms with Crippen LogP contribution in [0.15, 0.2) is 0 Å². The van der Waals surface area contributed by atoms with Crippen molar-refractivity contribution in [3.63, 3.8) is 0 Å². The van der Waals surface area contributed by atoms with E-state index in [-0.39, 0.29) is 0 Å². The van der Waals surface area contributed by atoms with Crippen LogP contribution < -0.4 is 0 Å². The molecular weight excluding hydrogens is 179 g/mol. The van der Waals surface area contributed by atoms with Crippen molar-refractivity contribution in [2.75, 3.05) is 0 Å². The topological polar surface area (TPSA) is 0 Å². The van der Waals surface area contributed by atoms with Crippen molar-refractivity contribution in [3.8, 4) is 0 Å². The third kappa shape index (κ3) is 22.8. The number of rotatable bonds is 4. The van der Waals surface area contributed by atoms with Gasteiger partial charge in [0.05, 0.1) is 0 Å². The fourth-order valence-electron chi connectivity index (χ4n) is 0.598. The highest BCUT2D eigenvalue weighted by Gasteiger charge is 1.80. The van der Waals surface area contributed by atoms with Gasteiger partial charge in [-0.3, -0.25) is 0 Å². The Morgan fingerprint density at radius 2 is 1.80 bits per heavy atom. The molecule has 0 bridgehead atoms. The van der Waals surface area contributed by atoms with Gasteiger partial charge in [0.2, 0.25) is 0 Å². The molecule has 10 heavy (non-hydrogen) atoms. The lowest BCUT2D eigenvalue weighted by molar-refractivity contribution is 0.711. The molecule has 1 radical (unpaired) electrons. The molecule has 3 heteroatoms. The van der Waals surface area contributed by atoms with Crippen LogP contribution in [0.1, 0.15) is 39.5 Å². The van der Waals surface area contributed by atoms with Crippen LogP contribution in [0.4, 0.5) is 0 Å². The summed E-state index contributed by atoms with van der Waals surface area (Å²) in [7, 11) is 9.81. The van der Waals surface area contributed by atoms with Crippen LogP contribution in [-0.4, -0.2) is 18.2 Å². The van der Waals surface area contributed by atoms with E-state index in [1.54, 1.807) is 0 Å². The third-order valence-electron chi connectivity index (χ3n) is 1.10. The second kappa shape index (κ2) is 16.7. The van der Waals surface area contributed by atoms with Gasteiger partial charge in [-0.1, -0.05) is 39.5 Å². The van der Waals surface area contributed by atoms with Crippen LogP contribution in [0.25, 0.3) is 0 Å². The fourth-order valence-corrected chi connectivity index (χ4v) is 0.598. The summed E-state index contributed by atoms with van der Waals surface area (Å²) in [5.74, 6) is 0. The fraction of sp³-hybridized carbons (Fsp3) is 0.857. The summed E-state index contributed by atoms with van der Waals surface area (Å²) in [6.45, 7) is 4.35. The highest BCUT2D eigenvalue weighted by molar-refractivity contribution is 7.22. The van der Waals surface area contributed by atoms with Gasteiger partial charge in [-0.15, -0.1) is 0 Å². The van der Waals surface area contributed by atoms with Gasteiger partial charge in [-0.05, 0) is 6.42 Å². The zero-order valence-corrected chi connectivity index (χ0v) is 9.79. The van der Waals surface area contributed by atoms with Crippen LogP contribution in [0, 0.1) is 6.42 Å². The largest absolute Gasteiger partial charge is 0.618 e. The molecule has 0 heterocycles. The standard InChI is InChI=1S/C7H15.2ClH.Mg/c1-3-5-7-6-4-2;;;/h3H,4-7H2,1-2H3;2*1H;/q;;;+2/p-2. The number of hydrogen-bond donors (Lipinski definition) is 0. The lowest BCUT2D eigenvalue weighted by Crippen LogP contribution is -1.71. The number of hydrogen-bond acceptors (Lipinski definition) is 0. The monoisotopic (exact) mass is 193 g/mol. The molecule has 0 aromatic carbocycles. The number of unbranched alkanes of at least 4 members (excludes halogenated alkanes) is 4. The quantitative estimate of drug-likeness (QED) is 0.472. The Labute approximate surface area is 81.9 Å². The molecule has 0 nitrogen and oxygen atoms in total. The summed E-state index contributed by atoms with van der Waals surface area (Å²) < 4.78 is 0. The second-order valence-electron chi connectivity index (χ2n) is 2.01. The zero-order valence-electron chi connectivity index (χ0n) is 6.87. The molecule has 0 aliphatic heterocycles. The van der Waals surface area contributed by atoms with Crippen LogP contribution in [-0.2, 0) is 0 Å². The molecule has 0 unspecified atom stereocenters. The minimum Gasteiger partial charge on any atom is -0.309 e. The molecule has 0 spiro atoms. The van der Waals surface area contributed by atoms with Crippen LogP contribution in [0.5, 0.6) is 0 Å². The lowest BCUT2D eigenvalue weighted by atomic mass is 10.2. The third-order valence-corrected chi connectivity index (χ3v) is 1.10. The maximum Gasteiger partial charge on any atom is 0.618 e. The summed E-state index contributed by atoms with van der Waals surface area (Å²) in [4.78, 5) is 0. The van der Waals surface area contributed by atoms with Crippen molar-refractivity contribution < 1.29 is 0 Å². The summed E-state index contributed by atoms with van der Waals surface area (Å²) in [5, 5.41) is 0. The van der Waals surface area contributed by atoms with E-state index < -0.39 is 18.2 Å². The molecule has 0 N–H and O–H groups in total. The van der Waals surface area contributed by atoms with Crippen molar-refractivity contribution in [1.82, 2.24) is 0 Å². The maximum atomic E-state index is 4.90. The maximum absolute atomic E-state index is 4.90. The van der Waals surface area contributed by atoms with Gasteiger partial charge in [0, 0.05) is 0 Å². The van der Waals surface area contributed by atoms with Gasteiger partial charge < -0.3 is 18.1 Å². The molecular formula is C7H15Cl2Mg. The van der Waals surface area contributed by atoms with Crippen molar-refractivity contribution in [2.24, 2.45) is 0 Å². The van der Waals surface area contributed by atoms with Crippen molar-refractivity contribution in [2.45, 2.75) is 39.5 Å². The summed E-state index contributed by atoms with van der Waals surface area (Å²) in [6, 6.07) is 0. The Hall–Kier alpha value is 1.35. The Morgan fingerprint density at radius 1 is 1.30 bits per heavy atom. The Kier molecular flexibility index (Phi) is 23.3. The molecule has 0 aromatic heterocycles. The second-order valence-corrected chi connectivity index (χ2v) is 4.63. The first-order valence-electron chi connectivity index (χ1n) is 3.73. The van der Waals surface area contributed by atoms with E-state index in [2.05, 4.69) is 20.3 Å². The Bertz CT molecular complexity index is 38.6. The molecule has 0 aliphatic rings. The molecule has 0 saturated carbocycles. The van der Waals surface area contributed by atoms with E-state index in [1.165, 1.54) is 25.7 Å². The van der Waals surface area contributed by atoms with E-state index in [0.29, 0.717) is 0 Å². The van der Waals surface area contributed by atoms with Gasteiger partial charge >= 0.3 is 18.2 Å². The Balaban J connectivity index is 0. The van der Waals surface area contributed by atoms with Crippen molar-refractivity contribution in [3.05, 3.63) is 6.42 Å². The first kappa shape index (κ1) is 13.9. The van der Waals surface area contributed by atoms with Crippen LogP contribution in [0.3, 0.4) is 0 Å². The summed E-state index contributed by atoms with van der Waals surface area (Å²) in [5.41, 5.74) is 0. The predicted octanol–water partition coefficient (Wildman–Crippen LogP) is 3.79. The van der Waals surface area contributed by atoms with Crippen LogP contribution >= 0.6 is 18.1 Å². The highest BCUT2D eigenvalue weighted by atomic mass is 35.6. The first-order valence-corrected chi connectivity index (χ1v) is 8.00. The molecule has 0 atom stereocenters. The summed E-state index contributed by atoms with van der Waals surface area (Å²) >= 11 is -0.639. The summed E-state index contributed by atoms with van der Waals surface area (Å²) in [6.07, 6.45) is 7.65. The van der Waals surface area contributed by atoms with Gasteiger partial charge in [0.15, 0.2) is 0 Å². The van der Waals surface area contributed by atoms with Gasteiger partial charge in [0.1, 0.15) is 0 Å². The lowest BCUT2D eigenvalue weighted by Gasteiger charge is -1.90. The molecule has 0 amide bonds. The average molecular weight is 194 g/mol. The van der Waals surface area contributed by atoms with Gasteiger partial charge in [0.25, 0.3) is 0 Å². The minimum absolute atomic E-state index is 0.639. The van der Waals surface area contributed by atoms with Gasteiger partial charge in [-0.25, -0.2) is 0 Å². The van der Waals surface area contributed by atoms with E-state index in [0.717, 1.165) is 0 Å². The minimum atomic E-state index is -0.639. The van der Waals surface area contributed by atoms with Gasteiger partial charge in [-0.2, -0.15) is 0 Å². The zero-order chi connectivity index (χ0) is 8.24. The molecule has 0 fully saturated rings. The van der Waals surface area contributed by atoms with E-state index in [1.807, 2.05) is 0 Å². The number of halogens is 2. The normalized spacial score (nSPS) is 7.60. The molecule has 59 valence electrons. The van der Waals surface area contributed by atoms with E-state index in [4.69, 9.17) is 18.1 Å². The smallest absolute Gasteiger partial charge is 0.309 e. The Morgan fingerprint density at radius 3 is 2.10 bits per heavy atom. The SMILES string of the molecule is C[CH]CCCCC.[Cl][Mg][Cl]. The van der Waals surface area contributed by atoms with Crippen molar-refractivity contribution >= 4 is 36.3 Å². The average Bonchev–Trinajstić information content (AvgIpc) is 1.91. The first-order chi connectivity index (χ1) is 4.83. The molecule has 0 aromatic rings. The molecule has 0 aliphatic carbocycles. The van der Waals surface area contributed by atoms with Crippen molar-refractivity contribution in [1.29, 1.82) is 0 Å². The van der Waals surface area contributed by atoms with E-state index in [9.17, 15) is 0 Å². The predicted molar refractivity (Wildman–Crippen MR) is 51.6 cm³/mol. The molecule has 0 rings (SSSR count).